The summed E-state index contributed by atoms with van der Waals surface area (Å²) in [6, 6.07) is 6.11. The van der Waals surface area contributed by atoms with E-state index < -0.39 is 0 Å². The van der Waals surface area contributed by atoms with Gasteiger partial charge in [0.1, 0.15) is 0 Å². The molecule has 1 fully saturated rings. The summed E-state index contributed by atoms with van der Waals surface area (Å²) in [5.74, 6) is 1.45. The topological polar surface area (TPSA) is 58.7 Å². The molecule has 0 aromatic heterocycles. The number of phenolic OH excluding ortho intramolecular Hbond substituents is 1. The molecule has 1 aromatic carbocycles. The fourth-order valence-corrected chi connectivity index (χ4v) is 3.10. The molecule has 0 saturated carbocycles. The fourth-order valence-electron chi connectivity index (χ4n) is 3.10. The van der Waals surface area contributed by atoms with Crippen molar-refractivity contribution in [3.05, 3.63) is 23.8 Å². The Balaban J connectivity index is 2.14. The van der Waals surface area contributed by atoms with Crippen molar-refractivity contribution >= 4 is 0 Å². The third-order valence-electron chi connectivity index (χ3n) is 4.23. The molecular weight excluding hydrogens is 252 g/mol. The van der Waals surface area contributed by atoms with E-state index in [1.54, 1.807) is 0 Å². The highest BCUT2D eigenvalue weighted by atomic mass is 16.5. The number of piperidine rings is 1. The maximum atomic E-state index is 10.3. The molecule has 1 aliphatic heterocycles. The van der Waals surface area contributed by atoms with Gasteiger partial charge in [-0.3, -0.25) is 4.90 Å². The summed E-state index contributed by atoms with van der Waals surface area (Å²) in [7, 11) is 0. The molecule has 0 aliphatic carbocycles. The molecule has 112 valence electrons. The molecule has 0 amide bonds. The van der Waals surface area contributed by atoms with Gasteiger partial charge in [0, 0.05) is 24.7 Å². The summed E-state index contributed by atoms with van der Waals surface area (Å²) in [5.41, 5.74) is 6.84. The lowest BCUT2D eigenvalue weighted by Gasteiger charge is -2.39. The zero-order valence-electron chi connectivity index (χ0n) is 12.5. The first-order valence-corrected chi connectivity index (χ1v) is 7.55. The van der Waals surface area contributed by atoms with Gasteiger partial charge >= 0.3 is 0 Å². The van der Waals surface area contributed by atoms with Crippen molar-refractivity contribution in [3.8, 4) is 11.5 Å². The second-order valence-electron chi connectivity index (χ2n) is 5.59. The number of rotatable bonds is 5. The summed E-state index contributed by atoms with van der Waals surface area (Å²) >= 11 is 0. The predicted molar refractivity (Wildman–Crippen MR) is 80.9 cm³/mol. The number of nitrogens with zero attached hydrogens (tertiary/aromatic N) is 1. The van der Waals surface area contributed by atoms with E-state index in [9.17, 15) is 5.11 Å². The number of nitrogens with two attached hydrogens (primary N) is 1. The number of phenols is 1. The average molecular weight is 278 g/mol. The molecule has 2 atom stereocenters. The molecule has 0 bridgehead atoms. The Labute approximate surface area is 121 Å². The third kappa shape index (κ3) is 3.25. The predicted octanol–water partition coefficient (Wildman–Crippen LogP) is 2.35. The van der Waals surface area contributed by atoms with Crippen LogP contribution in [-0.4, -0.2) is 35.7 Å². The molecule has 1 aliphatic rings. The first-order chi connectivity index (χ1) is 9.67. The molecule has 0 radical (unpaired) electrons. The Bertz CT molecular complexity index is 436. The van der Waals surface area contributed by atoms with Crippen LogP contribution in [0.2, 0.25) is 0 Å². The molecular formula is C16H26N2O2. The fraction of sp³-hybridized carbons (Fsp3) is 0.625. The smallest absolute Gasteiger partial charge is 0.162 e. The van der Waals surface area contributed by atoms with Gasteiger partial charge in [0.05, 0.1) is 6.61 Å². The number of para-hydroxylation sites is 1. The van der Waals surface area contributed by atoms with Crippen LogP contribution in [0.25, 0.3) is 0 Å². The van der Waals surface area contributed by atoms with Gasteiger partial charge in [-0.05, 0) is 38.3 Å². The zero-order chi connectivity index (χ0) is 14.5. The van der Waals surface area contributed by atoms with Gasteiger partial charge in [0.25, 0.3) is 0 Å². The Morgan fingerprint density at radius 3 is 2.95 bits per heavy atom. The van der Waals surface area contributed by atoms with Crippen molar-refractivity contribution in [2.75, 3.05) is 19.7 Å². The second-order valence-corrected chi connectivity index (χ2v) is 5.59. The van der Waals surface area contributed by atoms with Gasteiger partial charge in [-0.1, -0.05) is 19.1 Å². The number of benzene rings is 1. The van der Waals surface area contributed by atoms with Crippen molar-refractivity contribution in [1.29, 1.82) is 0 Å². The number of ether oxygens (including phenoxy) is 1. The summed E-state index contributed by atoms with van der Waals surface area (Å²) in [6.07, 6.45) is 2.44. The summed E-state index contributed by atoms with van der Waals surface area (Å²) in [6.45, 7) is 7.20. The normalized spacial score (nSPS) is 23.8. The highest BCUT2D eigenvalue weighted by Crippen LogP contribution is 2.32. The highest BCUT2D eigenvalue weighted by Gasteiger charge is 2.27. The van der Waals surface area contributed by atoms with Gasteiger partial charge in [-0.25, -0.2) is 0 Å². The largest absolute Gasteiger partial charge is 0.504 e. The van der Waals surface area contributed by atoms with E-state index >= 15 is 0 Å². The van der Waals surface area contributed by atoms with Crippen LogP contribution in [-0.2, 0) is 6.54 Å². The van der Waals surface area contributed by atoms with Crippen molar-refractivity contribution in [1.82, 2.24) is 4.90 Å². The zero-order valence-corrected chi connectivity index (χ0v) is 12.5. The van der Waals surface area contributed by atoms with Crippen LogP contribution in [0.4, 0.5) is 0 Å². The lowest BCUT2D eigenvalue weighted by Crippen LogP contribution is -2.48. The standard InChI is InChI=1S/C16H26N2O2/c1-3-20-15-8-4-7-13(16(15)19)11-18-9-5-6-12(2)14(18)10-17/h4,7-8,12,14,19H,3,5-6,9-11,17H2,1-2H3. The van der Waals surface area contributed by atoms with Gasteiger partial charge in [0.15, 0.2) is 11.5 Å². The summed E-state index contributed by atoms with van der Waals surface area (Å²) in [5, 5.41) is 10.3. The van der Waals surface area contributed by atoms with Crippen LogP contribution in [0.5, 0.6) is 11.5 Å². The number of hydrogen-bond acceptors (Lipinski definition) is 4. The SMILES string of the molecule is CCOc1cccc(CN2CCCC(C)C2CN)c1O. The first kappa shape index (κ1) is 15.1. The Morgan fingerprint density at radius 1 is 1.45 bits per heavy atom. The molecule has 20 heavy (non-hydrogen) atoms. The quantitative estimate of drug-likeness (QED) is 0.868. The van der Waals surface area contributed by atoms with E-state index in [0.717, 1.165) is 18.7 Å². The van der Waals surface area contributed by atoms with Crippen LogP contribution in [0.15, 0.2) is 18.2 Å². The number of aromatic hydroxyl groups is 1. The molecule has 2 rings (SSSR count). The average Bonchev–Trinajstić information content (AvgIpc) is 2.44. The molecule has 1 saturated heterocycles. The Morgan fingerprint density at radius 2 is 2.25 bits per heavy atom. The van der Waals surface area contributed by atoms with Gasteiger partial charge in [-0.2, -0.15) is 0 Å². The van der Waals surface area contributed by atoms with Crippen LogP contribution < -0.4 is 10.5 Å². The molecule has 4 heteroatoms. The minimum atomic E-state index is 0.267. The van der Waals surface area contributed by atoms with E-state index in [4.69, 9.17) is 10.5 Å². The lowest BCUT2D eigenvalue weighted by atomic mass is 9.90. The Kier molecular flexibility index (Phi) is 5.26. The Hall–Kier alpha value is -1.26. The van der Waals surface area contributed by atoms with Crippen molar-refractivity contribution in [3.63, 3.8) is 0 Å². The number of hydrogen-bond donors (Lipinski definition) is 2. The van der Waals surface area contributed by atoms with Crippen LogP contribution in [0, 0.1) is 5.92 Å². The van der Waals surface area contributed by atoms with Crippen molar-refractivity contribution in [2.45, 2.75) is 39.3 Å². The van der Waals surface area contributed by atoms with E-state index in [1.807, 2.05) is 25.1 Å². The molecule has 4 nitrogen and oxygen atoms in total. The lowest BCUT2D eigenvalue weighted by molar-refractivity contribution is 0.0980. The van der Waals surface area contributed by atoms with E-state index in [2.05, 4.69) is 11.8 Å². The van der Waals surface area contributed by atoms with Gasteiger partial charge in [0.2, 0.25) is 0 Å². The number of likely N-dealkylation sites (tertiary alicyclic amines) is 1. The molecule has 3 N–H and O–H groups in total. The van der Waals surface area contributed by atoms with Crippen LogP contribution in [0.1, 0.15) is 32.3 Å². The highest BCUT2D eigenvalue weighted by molar-refractivity contribution is 5.45. The van der Waals surface area contributed by atoms with Gasteiger partial charge in [-0.15, -0.1) is 0 Å². The molecule has 0 spiro atoms. The molecule has 2 unspecified atom stereocenters. The van der Waals surface area contributed by atoms with Crippen LogP contribution in [0.3, 0.4) is 0 Å². The summed E-state index contributed by atoms with van der Waals surface area (Å²) < 4.78 is 5.45. The molecule has 1 aromatic rings. The summed E-state index contributed by atoms with van der Waals surface area (Å²) in [4.78, 5) is 2.39. The first-order valence-electron chi connectivity index (χ1n) is 7.55. The van der Waals surface area contributed by atoms with Crippen LogP contribution >= 0.6 is 0 Å². The maximum Gasteiger partial charge on any atom is 0.162 e. The third-order valence-corrected chi connectivity index (χ3v) is 4.23. The molecule has 1 heterocycles. The second kappa shape index (κ2) is 6.95. The maximum absolute atomic E-state index is 10.3. The van der Waals surface area contributed by atoms with E-state index in [-0.39, 0.29) is 5.75 Å². The monoisotopic (exact) mass is 278 g/mol. The van der Waals surface area contributed by atoms with Crippen molar-refractivity contribution in [2.24, 2.45) is 11.7 Å². The van der Waals surface area contributed by atoms with Gasteiger partial charge < -0.3 is 15.6 Å². The van der Waals surface area contributed by atoms with E-state index in [0.29, 0.717) is 30.9 Å². The van der Waals surface area contributed by atoms with Crippen molar-refractivity contribution < 1.29 is 9.84 Å². The minimum Gasteiger partial charge on any atom is -0.504 e. The minimum absolute atomic E-state index is 0.267. The van der Waals surface area contributed by atoms with E-state index in [1.165, 1.54) is 12.8 Å².